The Morgan fingerprint density at radius 3 is 3.00 bits per heavy atom. The molecule has 1 aromatic carbocycles. The monoisotopic (exact) mass is 380 g/mol. The van der Waals surface area contributed by atoms with E-state index in [0.717, 1.165) is 24.2 Å². The van der Waals surface area contributed by atoms with E-state index in [0.29, 0.717) is 23.6 Å². The van der Waals surface area contributed by atoms with Gasteiger partial charge in [-0.05, 0) is 31.5 Å². The average molecular weight is 381 g/mol. The van der Waals surface area contributed by atoms with E-state index in [1.807, 2.05) is 32.0 Å². The van der Waals surface area contributed by atoms with E-state index >= 15 is 0 Å². The van der Waals surface area contributed by atoms with Crippen LogP contribution in [-0.2, 0) is 13.0 Å². The number of aromatic nitrogens is 2. The van der Waals surface area contributed by atoms with E-state index in [4.69, 9.17) is 4.74 Å². The van der Waals surface area contributed by atoms with Crippen LogP contribution >= 0.6 is 12.4 Å². The minimum absolute atomic E-state index is 0. The molecule has 1 aromatic heterocycles. The lowest BCUT2D eigenvalue weighted by molar-refractivity contribution is 0.0910. The first-order valence-corrected chi connectivity index (χ1v) is 8.54. The number of halogens is 1. The molecule has 0 bridgehead atoms. The first kappa shape index (κ1) is 20.2. The number of aromatic amines is 1. The van der Waals surface area contributed by atoms with Crippen molar-refractivity contribution in [2.24, 2.45) is 0 Å². The molecule has 0 saturated carbocycles. The van der Waals surface area contributed by atoms with E-state index in [1.165, 1.54) is 0 Å². The van der Waals surface area contributed by atoms with Crippen molar-refractivity contribution in [2.75, 3.05) is 13.1 Å². The van der Waals surface area contributed by atoms with Gasteiger partial charge >= 0.3 is 0 Å². The number of carbonyl (C=O) groups is 1. The molecule has 26 heavy (non-hydrogen) atoms. The fourth-order valence-corrected chi connectivity index (χ4v) is 2.87. The van der Waals surface area contributed by atoms with Crippen LogP contribution in [-0.4, -0.2) is 40.4 Å². The normalized spacial score (nSPS) is 14.3. The van der Waals surface area contributed by atoms with Crippen molar-refractivity contribution < 1.29 is 14.6 Å². The SMILES string of the molecule is CC(C)Oc1cccc(C(O)CNC(=O)c2n[nH]c3c2CNCC3)c1.Cl. The summed E-state index contributed by atoms with van der Waals surface area (Å²) in [6, 6.07) is 7.27. The van der Waals surface area contributed by atoms with Crippen LogP contribution in [0.4, 0.5) is 0 Å². The largest absolute Gasteiger partial charge is 0.491 e. The summed E-state index contributed by atoms with van der Waals surface area (Å²) >= 11 is 0. The topological polar surface area (TPSA) is 99.3 Å². The minimum atomic E-state index is -0.812. The highest BCUT2D eigenvalue weighted by Crippen LogP contribution is 2.20. The van der Waals surface area contributed by atoms with Crippen molar-refractivity contribution in [1.29, 1.82) is 0 Å². The Bertz CT molecular complexity index is 748. The van der Waals surface area contributed by atoms with Crippen LogP contribution < -0.4 is 15.4 Å². The van der Waals surface area contributed by atoms with Gasteiger partial charge in [-0.15, -0.1) is 12.4 Å². The summed E-state index contributed by atoms with van der Waals surface area (Å²) in [6.45, 7) is 5.51. The predicted molar refractivity (Wildman–Crippen MR) is 101 cm³/mol. The van der Waals surface area contributed by atoms with Crippen molar-refractivity contribution in [3.8, 4) is 5.75 Å². The molecular formula is C18H25ClN4O3. The van der Waals surface area contributed by atoms with Gasteiger partial charge in [0.2, 0.25) is 0 Å². The quantitative estimate of drug-likeness (QED) is 0.611. The summed E-state index contributed by atoms with van der Waals surface area (Å²) in [5.41, 5.74) is 3.00. The molecule has 1 aliphatic heterocycles. The zero-order valence-electron chi connectivity index (χ0n) is 14.9. The molecule has 1 atom stereocenters. The maximum atomic E-state index is 12.4. The molecule has 142 valence electrons. The zero-order valence-corrected chi connectivity index (χ0v) is 15.7. The first-order valence-electron chi connectivity index (χ1n) is 8.54. The number of hydrogen-bond donors (Lipinski definition) is 4. The van der Waals surface area contributed by atoms with Gasteiger partial charge < -0.3 is 20.5 Å². The van der Waals surface area contributed by atoms with Crippen LogP contribution in [0.3, 0.4) is 0 Å². The number of ether oxygens (including phenoxy) is 1. The Hall–Kier alpha value is -2.09. The van der Waals surface area contributed by atoms with Crippen LogP contribution in [0.1, 0.15) is 47.3 Å². The third kappa shape index (κ3) is 4.75. The third-order valence-corrected chi connectivity index (χ3v) is 4.09. The van der Waals surface area contributed by atoms with E-state index in [2.05, 4.69) is 20.8 Å². The Kier molecular flexibility index (Phi) is 7.02. The number of aliphatic hydroxyl groups excluding tert-OH is 1. The van der Waals surface area contributed by atoms with E-state index in [1.54, 1.807) is 6.07 Å². The van der Waals surface area contributed by atoms with Crippen molar-refractivity contribution in [1.82, 2.24) is 20.8 Å². The molecule has 8 heteroatoms. The molecule has 7 nitrogen and oxygen atoms in total. The number of benzene rings is 1. The Morgan fingerprint density at radius 2 is 2.23 bits per heavy atom. The average Bonchev–Trinajstić information content (AvgIpc) is 3.03. The molecule has 4 N–H and O–H groups in total. The van der Waals surface area contributed by atoms with E-state index in [-0.39, 0.29) is 31.0 Å². The highest BCUT2D eigenvalue weighted by molar-refractivity contribution is 5.94. The molecule has 0 fully saturated rings. The second kappa shape index (κ2) is 9.02. The molecule has 2 aromatic rings. The Labute approximate surface area is 158 Å². The van der Waals surface area contributed by atoms with Gasteiger partial charge in [-0.3, -0.25) is 9.89 Å². The lowest BCUT2D eigenvalue weighted by Crippen LogP contribution is -2.31. The third-order valence-electron chi connectivity index (χ3n) is 4.09. The van der Waals surface area contributed by atoms with Gasteiger partial charge in [0.1, 0.15) is 5.75 Å². The van der Waals surface area contributed by atoms with Gasteiger partial charge in [0.25, 0.3) is 5.91 Å². The zero-order chi connectivity index (χ0) is 17.8. The second-order valence-electron chi connectivity index (χ2n) is 6.42. The molecule has 1 unspecified atom stereocenters. The Morgan fingerprint density at radius 1 is 1.42 bits per heavy atom. The van der Waals surface area contributed by atoms with Crippen molar-refractivity contribution in [3.63, 3.8) is 0 Å². The number of rotatable bonds is 6. The summed E-state index contributed by atoms with van der Waals surface area (Å²) in [5, 5.41) is 23.4. The minimum Gasteiger partial charge on any atom is -0.491 e. The number of carbonyl (C=O) groups excluding carboxylic acids is 1. The van der Waals surface area contributed by atoms with Crippen LogP contribution in [0, 0.1) is 0 Å². The van der Waals surface area contributed by atoms with Crippen LogP contribution in [0.2, 0.25) is 0 Å². The van der Waals surface area contributed by atoms with Gasteiger partial charge in [0, 0.05) is 37.3 Å². The summed E-state index contributed by atoms with van der Waals surface area (Å²) in [6.07, 6.45) is 0.0834. The van der Waals surface area contributed by atoms with Gasteiger partial charge in [0.05, 0.1) is 12.2 Å². The summed E-state index contributed by atoms with van der Waals surface area (Å²) in [4.78, 5) is 12.4. The molecule has 1 amide bonds. The number of nitrogens with one attached hydrogen (secondary N) is 3. The fraction of sp³-hybridized carbons (Fsp3) is 0.444. The standard InChI is InChI=1S/C18H24N4O3.ClH/c1-11(2)25-13-5-3-4-12(8-13)16(23)10-20-18(24)17-14-9-19-7-6-15(14)21-22-17;/h3-5,8,11,16,19,23H,6-7,9-10H2,1-2H3,(H,20,24)(H,21,22);1H. The molecule has 2 heterocycles. The number of fused-ring (bicyclic) bond motifs is 1. The molecule has 0 radical (unpaired) electrons. The maximum Gasteiger partial charge on any atom is 0.272 e. The molecular weight excluding hydrogens is 356 g/mol. The molecule has 0 saturated heterocycles. The summed E-state index contributed by atoms with van der Waals surface area (Å²) in [5.74, 6) is 0.417. The van der Waals surface area contributed by atoms with Crippen molar-refractivity contribution in [2.45, 2.75) is 39.0 Å². The van der Waals surface area contributed by atoms with Crippen LogP contribution in [0.5, 0.6) is 5.75 Å². The number of H-pyrrole nitrogens is 1. The van der Waals surface area contributed by atoms with Crippen molar-refractivity contribution in [3.05, 3.63) is 46.8 Å². The number of amides is 1. The highest BCUT2D eigenvalue weighted by Gasteiger charge is 2.22. The fourth-order valence-electron chi connectivity index (χ4n) is 2.87. The number of aliphatic hydroxyl groups is 1. The van der Waals surface area contributed by atoms with Gasteiger partial charge in [0.15, 0.2) is 5.69 Å². The lowest BCUT2D eigenvalue weighted by Gasteiger charge is -2.16. The lowest BCUT2D eigenvalue weighted by atomic mass is 10.1. The maximum absolute atomic E-state index is 12.4. The smallest absolute Gasteiger partial charge is 0.272 e. The molecule has 0 aliphatic carbocycles. The number of hydrogen-bond acceptors (Lipinski definition) is 5. The Balaban J connectivity index is 0.00000243. The molecule has 0 spiro atoms. The van der Waals surface area contributed by atoms with Gasteiger partial charge in [-0.25, -0.2) is 0 Å². The summed E-state index contributed by atoms with van der Waals surface area (Å²) < 4.78 is 5.63. The van der Waals surface area contributed by atoms with Crippen molar-refractivity contribution >= 4 is 18.3 Å². The highest BCUT2D eigenvalue weighted by atomic mass is 35.5. The summed E-state index contributed by atoms with van der Waals surface area (Å²) in [7, 11) is 0. The van der Waals surface area contributed by atoms with Crippen LogP contribution in [0.25, 0.3) is 0 Å². The van der Waals surface area contributed by atoms with E-state index in [9.17, 15) is 9.90 Å². The number of nitrogens with zero attached hydrogens (tertiary/aromatic N) is 1. The van der Waals surface area contributed by atoms with Crippen LogP contribution in [0.15, 0.2) is 24.3 Å². The molecule has 1 aliphatic rings. The van der Waals surface area contributed by atoms with Gasteiger partial charge in [-0.1, -0.05) is 12.1 Å². The van der Waals surface area contributed by atoms with Gasteiger partial charge in [-0.2, -0.15) is 5.10 Å². The predicted octanol–water partition coefficient (Wildman–Crippen LogP) is 1.73. The van der Waals surface area contributed by atoms with E-state index < -0.39 is 6.10 Å². The second-order valence-corrected chi connectivity index (χ2v) is 6.42. The molecule has 3 rings (SSSR count). The first-order chi connectivity index (χ1) is 12.0.